The molecule has 1 heterocycles. The molecule has 1 aromatic carbocycles. The number of allylic oxidation sites excluding steroid dienone is 3. The number of ether oxygens (including phenoxy) is 1. The van der Waals surface area contributed by atoms with E-state index in [4.69, 9.17) is 11.2 Å². The average Bonchev–Trinajstić information content (AvgIpc) is 2.50. The molecule has 114 valence electrons. The van der Waals surface area contributed by atoms with Gasteiger partial charge in [0.15, 0.2) is 0 Å². The van der Waals surface area contributed by atoms with Crippen LogP contribution in [0.5, 0.6) is 5.75 Å². The minimum absolute atomic E-state index is 0.193. The lowest BCUT2D eigenvalue weighted by Gasteiger charge is -2.32. The fourth-order valence-corrected chi connectivity index (χ4v) is 2.19. The Kier molecular flexibility index (Phi) is 5.00. The third kappa shape index (κ3) is 3.56. The quantitative estimate of drug-likeness (QED) is 0.760. The van der Waals surface area contributed by atoms with Crippen LogP contribution in [0, 0.1) is 12.3 Å². The fourth-order valence-electron chi connectivity index (χ4n) is 2.19. The summed E-state index contributed by atoms with van der Waals surface area (Å²) in [6.07, 6.45) is 6.40. The molecule has 0 unspecified atom stereocenters. The van der Waals surface area contributed by atoms with Crippen molar-refractivity contribution in [1.82, 2.24) is 4.90 Å². The topological polar surface area (TPSA) is 12.5 Å². The predicted octanol–water partition coefficient (Wildman–Crippen LogP) is 4.08. The molecule has 0 radical (unpaired) electrons. The normalized spacial score (nSPS) is 14.5. The van der Waals surface area contributed by atoms with E-state index >= 15 is 0 Å². The average molecular weight is 301 g/mol. The van der Waals surface area contributed by atoms with Gasteiger partial charge in [0.2, 0.25) is 0 Å². The van der Waals surface area contributed by atoms with Crippen LogP contribution in [0.1, 0.15) is 12.5 Å². The Balaban J connectivity index is 2.28. The molecule has 0 N–H and O–H groups in total. The van der Waals surface area contributed by atoms with E-state index in [2.05, 4.69) is 12.5 Å². The van der Waals surface area contributed by atoms with Crippen LogP contribution in [0.15, 0.2) is 54.3 Å². The highest BCUT2D eigenvalue weighted by Gasteiger charge is 2.22. The molecule has 0 amide bonds. The highest BCUT2D eigenvalue weighted by Crippen LogP contribution is 2.31. The first kappa shape index (κ1) is 15.8. The minimum Gasteiger partial charge on any atom is -0.481 e. The van der Waals surface area contributed by atoms with Crippen LogP contribution in [0.2, 0.25) is 0 Å². The van der Waals surface area contributed by atoms with Gasteiger partial charge in [0, 0.05) is 11.4 Å². The molecule has 0 saturated carbocycles. The molecule has 0 fully saturated rings. The second-order valence-corrected chi connectivity index (χ2v) is 4.87. The maximum Gasteiger partial charge on any atom is 0.256 e. The molecule has 0 bridgehead atoms. The number of terminal acetylenes is 1. The van der Waals surface area contributed by atoms with Crippen LogP contribution in [0.3, 0.4) is 0 Å². The van der Waals surface area contributed by atoms with Gasteiger partial charge in [0.05, 0.1) is 6.54 Å². The van der Waals surface area contributed by atoms with E-state index < -0.39 is 6.43 Å². The zero-order valence-corrected chi connectivity index (χ0v) is 12.4. The first-order valence-corrected chi connectivity index (χ1v) is 6.83. The molecule has 2 rings (SSSR count). The maximum absolute atomic E-state index is 12.8. The van der Waals surface area contributed by atoms with Gasteiger partial charge in [-0.25, -0.2) is 8.78 Å². The summed E-state index contributed by atoms with van der Waals surface area (Å²) < 4.78 is 31.0. The van der Waals surface area contributed by atoms with Gasteiger partial charge in [-0.2, -0.15) is 0 Å². The van der Waals surface area contributed by atoms with Crippen molar-refractivity contribution in [1.29, 1.82) is 0 Å². The van der Waals surface area contributed by atoms with Gasteiger partial charge in [0.1, 0.15) is 12.4 Å². The third-order valence-corrected chi connectivity index (χ3v) is 3.36. The summed E-state index contributed by atoms with van der Waals surface area (Å²) >= 11 is 0. The number of hydrogen-bond acceptors (Lipinski definition) is 2. The highest BCUT2D eigenvalue weighted by molar-refractivity contribution is 5.71. The lowest BCUT2D eigenvalue weighted by Crippen LogP contribution is -2.28. The van der Waals surface area contributed by atoms with Crippen molar-refractivity contribution in [3.8, 4) is 18.1 Å². The van der Waals surface area contributed by atoms with E-state index in [-0.39, 0.29) is 13.2 Å². The summed E-state index contributed by atoms with van der Waals surface area (Å²) in [6, 6.07) is 7.17. The van der Waals surface area contributed by atoms with Gasteiger partial charge in [0.25, 0.3) is 6.43 Å². The van der Waals surface area contributed by atoms with Crippen LogP contribution in [-0.2, 0) is 0 Å². The number of hydrogen-bond donors (Lipinski definition) is 0. The summed E-state index contributed by atoms with van der Waals surface area (Å²) in [4.78, 5) is 1.54. The Morgan fingerprint density at radius 3 is 2.55 bits per heavy atom. The van der Waals surface area contributed by atoms with Crippen LogP contribution in [0.4, 0.5) is 8.78 Å². The number of halogens is 2. The maximum atomic E-state index is 12.8. The van der Waals surface area contributed by atoms with Crippen LogP contribution < -0.4 is 4.74 Å². The lowest BCUT2D eigenvalue weighted by atomic mass is 10.0. The molecule has 4 heteroatoms. The standard InChI is InChI=1S/C18H17F2NO/c1-4-11-22-16-8-6-15(7-9-16)17-10-5-13(2)14(3)21(17)12-18(19)20/h1,5-10,18H,3,11-12H2,2H3. The smallest absolute Gasteiger partial charge is 0.256 e. The SMILES string of the molecule is C#CCOc1ccc(C2=CC=C(C)C(=C)N2CC(F)F)cc1. The van der Waals surface area contributed by atoms with Crippen molar-refractivity contribution < 1.29 is 13.5 Å². The van der Waals surface area contributed by atoms with E-state index in [9.17, 15) is 8.78 Å². The molecule has 2 nitrogen and oxygen atoms in total. The van der Waals surface area contributed by atoms with Crippen molar-refractivity contribution in [2.24, 2.45) is 0 Å². The molecule has 1 aliphatic heterocycles. The Morgan fingerprint density at radius 2 is 1.95 bits per heavy atom. The van der Waals surface area contributed by atoms with Gasteiger partial charge >= 0.3 is 0 Å². The Bertz CT molecular complexity index is 651. The zero-order valence-electron chi connectivity index (χ0n) is 12.4. The summed E-state index contributed by atoms with van der Waals surface area (Å²) in [5.74, 6) is 3.03. The van der Waals surface area contributed by atoms with E-state index in [0.717, 1.165) is 11.1 Å². The molecule has 0 aromatic heterocycles. The Labute approximate surface area is 129 Å². The van der Waals surface area contributed by atoms with Crippen molar-refractivity contribution in [2.45, 2.75) is 13.3 Å². The highest BCUT2D eigenvalue weighted by atomic mass is 19.3. The molecule has 1 aromatic rings. The molecule has 0 saturated heterocycles. The predicted molar refractivity (Wildman–Crippen MR) is 84.4 cm³/mol. The van der Waals surface area contributed by atoms with Crippen molar-refractivity contribution in [2.75, 3.05) is 13.2 Å². The van der Waals surface area contributed by atoms with Gasteiger partial charge in [-0.1, -0.05) is 18.6 Å². The van der Waals surface area contributed by atoms with E-state index in [1.54, 1.807) is 12.1 Å². The number of nitrogens with zero attached hydrogens (tertiary/aromatic N) is 1. The first-order valence-electron chi connectivity index (χ1n) is 6.83. The summed E-state index contributed by atoms with van der Waals surface area (Å²) in [5, 5.41) is 0. The van der Waals surface area contributed by atoms with Crippen molar-refractivity contribution >= 4 is 5.70 Å². The van der Waals surface area contributed by atoms with Crippen LogP contribution in [0.25, 0.3) is 5.70 Å². The Morgan fingerprint density at radius 1 is 1.27 bits per heavy atom. The van der Waals surface area contributed by atoms with E-state index in [1.807, 2.05) is 31.2 Å². The second kappa shape index (κ2) is 6.95. The Hall–Kier alpha value is -2.54. The van der Waals surface area contributed by atoms with Gasteiger partial charge < -0.3 is 9.64 Å². The minimum atomic E-state index is -2.44. The monoisotopic (exact) mass is 301 g/mol. The zero-order chi connectivity index (χ0) is 16.1. The molecule has 22 heavy (non-hydrogen) atoms. The van der Waals surface area contributed by atoms with Crippen LogP contribution in [-0.4, -0.2) is 24.5 Å². The van der Waals surface area contributed by atoms with E-state index in [1.165, 1.54) is 4.90 Å². The first-order chi connectivity index (χ1) is 10.5. The van der Waals surface area contributed by atoms with Crippen LogP contribution >= 0.6 is 0 Å². The molecular formula is C18H17F2NO. The lowest BCUT2D eigenvalue weighted by molar-refractivity contribution is 0.123. The molecule has 1 aliphatic rings. The summed E-state index contributed by atoms with van der Waals surface area (Å²) in [7, 11) is 0. The molecular weight excluding hydrogens is 284 g/mol. The molecule has 0 aliphatic carbocycles. The van der Waals surface area contributed by atoms with Gasteiger partial charge in [-0.15, -0.1) is 6.42 Å². The second-order valence-electron chi connectivity index (χ2n) is 4.87. The fraction of sp³-hybridized carbons (Fsp3) is 0.222. The van der Waals surface area contributed by atoms with Crippen molar-refractivity contribution in [3.05, 3.63) is 59.8 Å². The summed E-state index contributed by atoms with van der Waals surface area (Å²) in [5.41, 5.74) is 2.97. The largest absolute Gasteiger partial charge is 0.481 e. The van der Waals surface area contributed by atoms with Gasteiger partial charge in [-0.05, 0) is 48.4 Å². The molecule has 0 atom stereocenters. The number of benzene rings is 1. The van der Waals surface area contributed by atoms with Gasteiger partial charge in [-0.3, -0.25) is 0 Å². The molecule has 0 spiro atoms. The van der Waals surface area contributed by atoms with E-state index in [0.29, 0.717) is 17.1 Å². The number of alkyl halides is 2. The third-order valence-electron chi connectivity index (χ3n) is 3.36. The van der Waals surface area contributed by atoms with Crippen molar-refractivity contribution in [3.63, 3.8) is 0 Å². The number of rotatable bonds is 5. The summed E-state index contributed by atoms with van der Waals surface area (Å²) in [6.45, 7) is 5.56.